The molecule has 0 saturated carbocycles. The molecule has 1 atom stereocenters. The average Bonchev–Trinajstić information content (AvgIpc) is 2.82. The second-order valence-corrected chi connectivity index (χ2v) is 8.63. The zero-order chi connectivity index (χ0) is 21.2. The van der Waals surface area contributed by atoms with E-state index in [-0.39, 0.29) is 6.79 Å². The summed E-state index contributed by atoms with van der Waals surface area (Å²) in [6.45, 7) is 3.54. The molecule has 10 heteroatoms. The van der Waals surface area contributed by atoms with Crippen molar-refractivity contribution in [3.63, 3.8) is 0 Å². The van der Waals surface area contributed by atoms with E-state index in [0.29, 0.717) is 6.04 Å². The molecule has 0 bridgehead atoms. The van der Waals surface area contributed by atoms with Gasteiger partial charge in [-0.15, -0.1) is 10.2 Å². The van der Waals surface area contributed by atoms with Gasteiger partial charge in [0, 0.05) is 54.8 Å². The van der Waals surface area contributed by atoms with Gasteiger partial charge in [0.05, 0.1) is 17.4 Å². The van der Waals surface area contributed by atoms with Gasteiger partial charge in [0.2, 0.25) is 5.95 Å². The lowest BCUT2D eigenvalue weighted by Crippen LogP contribution is -2.58. The summed E-state index contributed by atoms with van der Waals surface area (Å²) in [5, 5.41) is 12.3. The number of fused-ring (bicyclic) bond motifs is 3. The Morgan fingerprint density at radius 1 is 1.16 bits per heavy atom. The summed E-state index contributed by atoms with van der Waals surface area (Å²) >= 11 is 2.22. The Morgan fingerprint density at radius 2 is 2.00 bits per heavy atom. The number of piperazine rings is 1. The highest BCUT2D eigenvalue weighted by atomic mass is 127. The first-order valence-corrected chi connectivity index (χ1v) is 11.1. The van der Waals surface area contributed by atoms with Crippen LogP contribution in [0.3, 0.4) is 0 Å². The van der Waals surface area contributed by atoms with Crippen molar-refractivity contribution in [1.82, 2.24) is 20.2 Å². The molecule has 9 nitrogen and oxygen atoms in total. The molecule has 0 aliphatic carbocycles. The Kier molecular flexibility index (Phi) is 5.72. The summed E-state index contributed by atoms with van der Waals surface area (Å²) in [6, 6.07) is 10.2. The molecule has 2 aliphatic rings. The van der Waals surface area contributed by atoms with Gasteiger partial charge in [0.25, 0.3) is 0 Å². The van der Waals surface area contributed by atoms with Crippen molar-refractivity contribution in [3.8, 4) is 17.0 Å². The quantitative estimate of drug-likeness (QED) is 0.395. The number of benzene rings is 1. The maximum Gasteiger partial charge on any atom is 0.225 e. The van der Waals surface area contributed by atoms with E-state index in [2.05, 4.69) is 63.9 Å². The van der Waals surface area contributed by atoms with Gasteiger partial charge in [-0.1, -0.05) is 12.1 Å². The minimum atomic E-state index is 0.182. The minimum Gasteiger partial charge on any atom is -0.467 e. The number of hydrogen-bond donors (Lipinski definition) is 1. The van der Waals surface area contributed by atoms with E-state index >= 15 is 0 Å². The van der Waals surface area contributed by atoms with Crippen molar-refractivity contribution < 1.29 is 9.47 Å². The van der Waals surface area contributed by atoms with Gasteiger partial charge in [-0.05, 0) is 40.8 Å². The standard InChI is InChI=1S/C21H22IN7O2/c1-30-13-31-19-5-3-2-4-16(19)17-8-18-20(27-26-17)23-11-15-12-28(6-7-29(15)18)21-24-9-14(22)10-25-21/h2-5,8-10,15H,6-7,11-13H2,1H3,(H,23,27)/t15-/m0/s1. The monoisotopic (exact) mass is 531 g/mol. The summed E-state index contributed by atoms with van der Waals surface area (Å²) < 4.78 is 11.8. The first kappa shape index (κ1) is 20.2. The highest BCUT2D eigenvalue weighted by Gasteiger charge is 2.33. The second kappa shape index (κ2) is 8.79. The fraction of sp³-hybridized carbons (Fsp3) is 0.333. The zero-order valence-electron chi connectivity index (χ0n) is 17.0. The predicted octanol–water partition coefficient (Wildman–Crippen LogP) is 2.64. The first-order chi connectivity index (χ1) is 15.2. The molecule has 31 heavy (non-hydrogen) atoms. The SMILES string of the molecule is COCOc1ccccc1-c1cc2c(nn1)NC[C@H]1CN(c3ncc(I)cn3)CCN21. The van der Waals surface area contributed by atoms with E-state index < -0.39 is 0 Å². The lowest BCUT2D eigenvalue weighted by molar-refractivity contribution is 0.0515. The maximum absolute atomic E-state index is 5.72. The van der Waals surface area contributed by atoms with Gasteiger partial charge in [-0.2, -0.15) is 0 Å². The lowest BCUT2D eigenvalue weighted by Gasteiger charge is -2.45. The van der Waals surface area contributed by atoms with Gasteiger partial charge in [0.15, 0.2) is 12.6 Å². The van der Waals surface area contributed by atoms with Gasteiger partial charge >= 0.3 is 0 Å². The van der Waals surface area contributed by atoms with Crippen LogP contribution in [0.25, 0.3) is 11.3 Å². The Hall–Kier alpha value is -2.73. The van der Waals surface area contributed by atoms with E-state index in [4.69, 9.17) is 9.47 Å². The van der Waals surface area contributed by atoms with Crippen LogP contribution >= 0.6 is 22.6 Å². The Labute approximate surface area is 193 Å². The normalized spacial score (nSPS) is 17.5. The number of para-hydroxylation sites is 1. The summed E-state index contributed by atoms with van der Waals surface area (Å²) in [7, 11) is 1.61. The van der Waals surface area contributed by atoms with Crippen LogP contribution in [-0.2, 0) is 4.74 Å². The number of methoxy groups -OCH3 is 1. The summed E-state index contributed by atoms with van der Waals surface area (Å²) in [4.78, 5) is 13.6. The average molecular weight is 531 g/mol. The second-order valence-electron chi connectivity index (χ2n) is 7.39. The highest BCUT2D eigenvalue weighted by Crippen LogP contribution is 2.36. The molecule has 4 heterocycles. The molecule has 0 radical (unpaired) electrons. The van der Waals surface area contributed by atoms with Crippen LogP contribution in [0.2, 0.25) is 0 Å². The van der Waals surface area contributed by atoms with Gasteiger partial charge in [0.1, 0.15) is 5.75 Å². The van der Waals surface area contributed by atoms with Crippen LogP contribution in [0, 0.1) is 3.57 Å². The smallest absolute Gasteiger partial charge is 0.225 e. The van der Waals surface area contributed by atoms with Gasteiger partial charge < -0.3 is 24.6 Å². The van der Waals surface area contributed by atoms with E-state index in [1.807, 2.05) is 36.7 Å². The van der Waals surface area contributed by atoms with Crippen molar-refractivity contribution in [2.75, 3.05) is 55.2 Å². The number of hydrogen-bond acceptors (Lipinski definition) is 9. The molecule has 5 rings (SSSR count). The third-order valence-electron chi connectivity index (χ3n) is 5.46. The Morgan fingerprint density at radius 3 is 2.84 bits per heavy atom. The Balaban J connectivity index is 1.41. The van der Waals surface area contributed by atoms with Crippen molar-refractivity contribution in [2.24, 2.45) is 0 Å². The van der Waals surface area contributed by atoms with E-state index in [1.165, 1.54) is 0 Å². The van der Waals surface area contributed by atoms with Crippen LogP contribution in [0.1, 0.15) is 0 Å². The number of aromatic nitrogens is 4. The molecule has 160 valence electrons. The molecule has 0 amide bonds. The topological polar surface area (TPSA) is 88.5 Å². The van der Waals surface area contributed by atoms with Gasteiger partial charge in [-0.25, -0.2) is 9.97 Å². The summed E-state index contributed by atoms with van der Waals surface area (Å²) in [5.41, 5.74) is 2.73. The number of anilines is 3. The van der Waals surface area contributed by atoms with Gasteiger partial charge in [-0.3, -0.25) is 0 Å². The molecule has 3 aromatic rings. The highest BCUT2D eigenvalue weighted by molar-refractivity contribution is 14.1. The number of nitrogens with zero attached hydrogens (tertiary/aromatic N) is 6. The van der Waals surface area contributed by atoms with Crippen molar-refractivity contribution >= 4 is 40.0 Å². The van der Waals surface area contributed by atoms with Crippen LogP contribution < -0.4 is 19.9 Å². The Bertz CT molecular complexity index is 1070. The number of nitrogens with one attached hydrogen (secondary N) is 1. The van der Waals surface area contributed by atoms with E-state index in [1.54, 1.807) is 7.11 Å². The molecular weight excluding hydrogens is 509 g/mol. The largest absolute Gasteiger partial charge is 0.467 e. The molecule has 0 spiro atoms. The number of ether oxygens (including phenoxy) is 2. The third kappa shape index (κ3) is 4.09. The van der Waals surface area contributed by atoms with Crippen molar-refractivity contribution in [2.45, 2.75) is 6.04 Å². The molecular formula is C21H22IN7O2. The number of halogens is 1. The van der Waals surface area contributed by atoms with Crippen LogP contribution in [0.15, 0.2) is 42.7 Å². The summed E-state index contributed by atoms with van der Waals surface area (Å²) in [6.07, 6.45) is 3.71. The molecule has 0 unspecified atom stereocenters. The van der Waals surface area contributed by atoms with Crippen molar-refractivity contribution in [1.29, 1.82) is 0 Å². The molecule has 2 aliphatic heterocycles. The molecule has 1 fully saturated rings. The molecule has 1 saturated heterocycles. The first-order valence-electron chi connectivity index (χ1n) is 10.0. The molecule has 1 aromatic carbocycles. The van der Waals surface area contributed by atoms with E-state index in [0.717, 1.165) is 64.2 Å². The minimum absolute atomic E-state index is 0.182. The summed E-state index contributed by atoms with van der Waals surface area (Å²) in [5.74, 6) is 2.32. The maximum atomic E-state index is 5.72. The fourth-order valence-electron chi connectivity index (χ4n) is 4.00. The molecule has 1 N–H and O–H groups in total. The van der Waals surface area contributed by atoms with Crippen LogP contribution in [0.4, 0.5) is 17.5 Å². The third-order valence-corrected chi connectivity index (χ3v) is 6.01. The lowest BCUT2D eigenvalue weighted by atomic mass is 10.1. The van der Waals surface area contributed by atoms with Crippen LogP contribution in [0.5, 0.6) is 5.75 Å². The van der Waals surface area contributed by atoms with Crippen molar-refractivity contribution in [3.05, 3.63) is 46.3 Å². The van der Waals surface area contributed by atoms with E-state index in [9.17, 15) is 0 Å². The fourth-order valence-corrected chi connectivity index (χ4v) is 4.28. The predicted molar refractivity (Wildman–Crippen MR) is 127 cm³/mol. The molecule has 2 aromatic heterocycles. The zero-order valence-corrected chi connectivity index (χ0v) is 19.2. The van der Waals surface area contributed by atoms with Crippen LogP contribution in [-0.4, -0.2) is 66.3 Å². The number of rotatable bonds is 5.